The molecule has 6 nitrogen and oxygen atoms in total. The molecule has 4 rings (SSSR count). The molecule has 0 unspecified atom stereocenters. The summed E-state index contributed by atoms with van der Waals surface area (Å²) in [5.41, 5.74) is 1.88. The molecule has 1 amide bonds. The van der Waals surface area contributed by atoms with Crippen LogP contribution in [0, 0.1) is 12.8 Å². The lowest BCUT2D eigenvalue weighted by molar-refractivity contribution is -0.126. The number of rotatable bonds is 4. The van der Waals surface area contributed by atoms with Gasteiger partial charge in [0, 0.05) is 36.5 Å². The molecule has 2 aromatic rings. The number of piperidine rings is 1. The number of anilines is 1. The standard InChI is InChI=1S/C24H34N4O2/c1-17-21-11-10-20(30-2)16-22(21)27-24(25-17)28-14-12-18(13-15-28)23(29)26-19-8-6-4-3-5-7-9-19/h10-11,16,18-19H,3-9,12-15H2,1-2H3,(H,26,29). The van der Waals surface area contributed by atoms with E-state index in [2.05, 4.69) is 10.2 Å². The summed E-state index contributed by atoms with van der Waals surface area (Å²) in [6.07, 6.45) is 10.4. The zero-order valence-corrected chi connectivity index (χ0v) is 18.3. The Balaban J connectivity index is 1.37. The third kappa shape index (κ3) is 4.85. The Bertz CT molecular complexity index is 869. The number of ether oxygens (including phenoxy) is 1. The van der Waals surface area contributed by atoms with Crippen molar-refractivity contribution in [2.45, 2.75) is 70.8 Å². The minimum Gasteiger partial charge on any atom is -0.497 e. The number of hydrogen-bond donors (Lipinski definition) is 1. The smallest absolute Gasteiger partial charge is 0.226 e. The van der Waals surface area contributed by atoms with Crippen LogP contribution in [-0.2, 0) is 4.79 Å². The third-order valence-electron chi connectivity index (χ3n) is 6.68. The molecule has 1 aromatic heterocycles. The van der Waals surface area contributed by atoms with E-state index in [0.717, 1.165) is 67.1 Å². The highest BCUT2D eigenvalue weighted by Crippen LogP contribution is 2.27. The number of aromatic nitrogens is 2. The number of nitrogens with zero attached hydrogens (tertiary/aromatic N) is 3. The van der Waals surface area contributed by atoms with Gasteiger partial charge in [-0.2, -0.15) is 0 Å². The van der Waals surface area contributed by atoms with Gasteiger partial charge in [-0.3, -0.25) is 4.79 Å². The first-order valence-electron chi connectivity index (χ1n) is 11.5. The summed E-state index contributed by atoms with van der Waals surface area (Å²) in [5, 5.41) is 4.40. The van der Waals surface area contributed by atoms with Crippen molar-refractivity contribution in [1.82, 2.24) is 15.3 Å². The number of benzene rings is 1. The fourth-order valence-corrected chi connectivity index (χ4v) is 4.78. The molecule has 2 heterocycles. The number of methoxy groups -OCH3 is 1. The molecular formula is C24H34N4O2. The van der Waals surface area contributed by atoms with Crippen molar-refractivity contribution >= 4 is 22.8 Å². The second-order valence-electron chi connectivity index (χ2n) is 8.80. The number of nitrogens with one attached hydrogen (secondary N) is 1. The molecule has 0 bridgehead atoms. The number of amides is 1. The number of aryl methyl sites for hydroxylation is 1. The number of hydrogen-bond acceptors (Lipinski definition) is 5. The number of carbonyl (C=O) groups is 1. The van der Waals surface area contributed by atoms with Gasteiger partial charge in [-0.15, -0.1) is 0 Å². The molecule has 0 radical (unpaired) electrons. The van der Waals surface area contributed by atoms with E-state index in [9.17, 15) is 4.79 Å². The molecule has 1 saturated heterocycles. The Morgan fingerprint density at radius 2 is 1.73 bits per heavy atom. The first-order chi connectivity index (χ1) is 14.6. The highest BCUT2D eigenvalue weighted by molar-refractivity contribution is 5.83. The maximum Gasteiger partial charge on any atom is 0.226 e. The van der Waals surface area contributed by atoms with Gasteiger partial charge in [0.05, 0.1) is 18.3 Å². The number of fused-ring (bicyclic) bond motifs is 1. The largest absolute Gasteiger partial charge is 0.497 e. The molecule has 1 aliphatic heterocycles. The van der Waals surface area contributed by atoms with E-state index >= 15 is 0 Å². The Kier molecular flexibility index (Phi) is 6.70. The lowest BCUT2D eigenvalue weighted by Crippen LogP contribution is -2.44. The maximum atomic E-state index is 12.8. The summed E-state index contributed by atoms with van der Waals surface area (Å²) in [6.45, 7) is 3.66. The number of carbonyl (C=O) groups excluding carboxylic acids is 1. The molecule has 2 fully saturated rings. The van der Waals surface area contributed by atoms with Crippen molar-refractivity contribution in [1.29, 1.82) is 0 Å². The molecule has 0 spiro atoms. The van der Waals surface area contributed by atoms with Crippen LogP contribution >= 0.6 is 0 Å². The molecule has 1 N–H and O–H groups in total. The third-order valence-corrected chi connectivity index (χ3v) is 6.68. The molecule has 1 aliphatic carbocycles. The monoisotopic (exact) mass is 410 g/mol. The fourth-order valence-electron chi connectivity index (χ4n) is 4.78. The Morgan fingerprint density at radius 1 is 1.03 bits per heavy atom. The van der Waals surface area contributed by atoms with Crippen molar-refractivity contribution in [2.24, 2.45) is 5.92 Å². The van der Waals surface area contributed by atoms with Crippen molar-refractivity contribution in [3.05, 3.63) is 23.9 Å². The van der Waals surface area contributed by atoms with Gasteiger partial charge >= 0.3 is 0 Å². The lowest BCUT2D eigenvalue weighted by atomic mass is 9.93. The maximum absolute atomic E-state index is 12.8. The molecular weight excluding hydrogens is 376 g/mol. The predicted molar refractivity (Wildman–Crippen MR) is 120 cm³/mol. The lowest BCUT2D eigenvalue weighted by Gasteiger charge is -2.32. The van der Waals surface area contributed by atoms with Crippen LogP contribution in [0.5, 0.6) is 5.75 Å². The van der Waals surface area contributed by atoms with Crippen molar-refractivity contribution in [2.75, 3.05) is 25.1 Å². The van der Waals surface area contributed by atoms with Crippen molar-refractivity contribution in [3.8, 4) is 5.75 Å². The first-order valence-corrected chi connectivity index (χ1v) is 11.5. The summed E-state index contributed by atoms with van der Waals surface area (Å²) < 4.78 is 5.35. The van der Waals surface area contributed by atoms with E-state index < -0.39 is 0 Å². The summed E-state index contributed by atoms with van der Waals surface area (Å²) in [4.78, 5) is 24.6. The summed E-state index contributed by atoms with van der Waals surface area (Å²) in [7, 11) is 1.67. The molecule has 1 saturated carbocycles. The van der Waals surface area contributed by atoms with Crippen molar-refractivity contribution < 1.29 is 9.53 Å². The topological polar surface area (TPSA) is 67.3 Å². The fraction of sp³-hybridized carbons (Fsp3) is 0.625. The second-order valence-corrected chi connectivity index (χ2v) is 8.80. The quantitative estimate of drug-likeness (QED) is 0.810. The van der Waals surface area contributed by atoms with E-state index in [1.807, 2.05) is 25.1 Å². The van der Waals surface area contributed by atoms with Gasteiger partial charge in [-0.25, -0.2) is 9.97 Å². The Labute approximate surface area is 179 Å². The minimum atomic E-state index is 0.105. The van der Waals surface area contributed by atoms with Crippen molar-refractivity contribution in [3.63, 3.8) is 0 Å². The van der Waals surface area contributed by atoms with Gasteiger partial charge in [-0.1, -0.05) is 32.1 Å². The summed E-state index contributed by atoms with van der Waals surface area (Å²) >= 11 is 0. The minimum absolute atomic E-state index is 0.105. The zero-order valence-electron chi connectivity index (χ0n) is 18.3. The van der Waals surface area contributed by atoms with E-state index in [1.54, 1.807) is 7.11 Å². The van der Waals surface area contributed by atoms with Crippen LogP contribution in [0.15, 0.2) is 18.2 Å². The van der Waals surface area contributed by atoms with Gasteiger partial charge < -0.3 is 15.0 Å². The van der Waals surface area contributed by atoms with Crippen LogP contribution in [0.3, 0.4) is 0 Å². The normalized spacial score (nSPS) is 19.3. The highest BCUT2D eigenvalue weighted by atomic mass is 16.5. The van der Waals surface area contributed by atoms with Crippen LogP contribution in [0.2, 0.25) is 0 Å². The average Bonchev–Trinajstić information content (AvgIpc) is 2.75. The molecule has 162 valence electrons. The molecule has 30 heavy (non-hydrogen) atoms. The van der Waals surface area contributed by atoms with Gasteiger partial charge in [0.1, 0.15) is 5.75 Å². The SMILES string of the molecule is COc1ccc2c(C)nc(N3CCC(C(=O)NC4CCCCCCC4)CC3)nc2c1. The van der Waals surface area contributed by atoms with E-state index in [0.29, 0.717) is 6.04 Å². The van der Waals surface area contributed by atoms with Crippen LogP contribution in [-0.4, -0.2) is 42.1 Å². The van der Waals surface area contributed by atoms with Crippen LogP contribution in [0.25, 0.3) is 10.9 Å². The van der Waals surface area contributed by atoms with Crippen LogP contribution in [0.4, 0.5) is 5.95 Å². The summed E-state index contributed by atoms with van der Waals surface area (Å²) in [6, 6.07) is 6.29. The zero-order chi connectivity index (χ0) is 20.9. The summed E-state index contributed by atoms with van der Waals surface area (Å²) in [5.74, 6) is 1.91. The molecule has 0 atom stereocenters. The second kappa shape index (κ2) is 9.63. The average molecular weight is 411 g/mol. The van der Waals surface area contributed by atoms with Crippen LogP contribution < -0.4 is 15.0 Å². The van der Waals surface area contributed by atoms with Crippen LogP contribution in [0.1, 0.15) is 63.5 Å². The van der Waals surface area contributed by atoms with E-state index in [1.165, 1.54) is 32.1 Å². The Morgan fingerprint density at radius 3 is 2.43 bits per heavy atom. The predicted octanol–water partition coefficient (Wildman–Crippen LogP) is 4.39. The highest BCUT2D eigenvalue weighted by Gasteiger charge is 2.28. The first kappa shape index (κ1) is 20.9. The van der Waals surface area contributed by atoms with Gasteiger partial charge in [0.15, 0.2) is 0 Å². The van der Waals surface area contributed by atoms with Gasteiger partial charge in [0.25, 0.3) is 0 Å². The Hall–Kier alpha value is -2.37. The van der Waals surface area contributed by atoms with E-state index in [-0.39, 0.29) is 11.8 Å². The molecule has 1 aromatic carbocycles. The molecule has 6 heteroatoms. The molecule has 2 aliphatic rings. The van der Waals surface area contributed by atoms with Gasteiger partial charge in [-0.05, 0) is 44.7 Å². The van der Waals surface area contributed by atoms with Gasteiger partial charge in [0.2, 0.25) is 11.9 Å². The van der Waals surface area contributed by atoms with E-state index in [4.69, 9.17) is 14.7 Å².